The number of hydrogen-bond donors (Lipinski definition) is 1. The Morgan fingerprint density at radius 1 is 1.33 bits per heavy atom. The zero-order chi connectivity index (χ0) is 15.5. The van der Waals surface area contributed by atoms with E-state index in [1.165, 1.54) is 0 Å². The number of nitrogens with one attached hydrogen (secondary N) is 1. The van der Waals surface area contributed by atoms with Gasteiger partial charge < -0.3 is 5.32 Å². The monoisotopic (exact) mass is 298 g/mol. The van der Waals surface area contributed by atoms with Gasteiger partial charge in [0.15, 0.2) is 5.82 Å². The summed E-state index contributed by atoms with van der Waals surface area (Å²) in [5, 5.41) is 6.99. The first-order valence-corrected chi connectivity index (χ1v) is 6.64. The first-order valence-electron chi connectivity index (χ1n) is 6.64. The molecule has 0 aliphatic carbocycles. The van der Waals surface area contributed by atoms with Crippen LogP contribution in [0.3, 0.4) is 0 Å². The molecule has 7 heteroatoms. The number of hydrogen-bond acceptors (Lipinski definition) is 3. The third-order valence-corrected chi connectivity index (χ3v) is 2.84. The first-order chi connectivity index (χ1) is 9.86. The minimum Gasteiger partial charge on any atom is -0.312 e. The standard InChI is InChI=1S/C14H17F3N4/c1-10(2)6-18-7-11-3-4-19-13(5-11)21-9-12(8-20-21)14(15,16)17/h3-5,8-10,18H,6-7H2,1-2H3. The minimum atomic E-state index is -4.39. The summed E-state index contributed by atoms with van der Waals surface area (Å²) in [5.74, 6) is 0.904. The van der Waals surface area contributed by atoms with Gasteiger partial charge in [0.25, 0.3) is 0 Å². The lowest BCUT2D eigenvalue weighted by molar-refractivity contribution is -0.137. The summed E-state index contributed by atoms with van der Waals surface area (Å²) in [5.41, 5.74) is 0.164. The van der Waals surface area contributed by atoms with E-state index in [9.17, 15) is 13.2 Å². The second kappa shape index (κ2) is 6.26. The second-order valence-electron chi connectivity index (χ2n) is 5.22. The Hall–Kier alpha value is -1.89. The highest BCUT2D eigenvalue weighted by atomic mass is 19.4. The van der Waals surface area contributed by atoms with Crippen LogP contribution in [0.5, 0.6) is 0 Å². The van der Waals surface area contributed by atoms with Crippen LogP contribution in [0.15, 0.2) is 30.7 Å². The fourth-order valence-electron chi connectivity index (χ4n) is 1.80. The maximum Gasteiger partial charge on any atom is 0.419 e. The van der Waals surface area contributed by atoms with E-state index in [2.05, 4.69) is 29.2 Å². The van der Waals surface area contributed by atoms with Crippen LogP contribution in [-0.2, 0) is 12.7 Å². The quantitative estimate of drug-likeness (QED) is 0.922. The van der Waals surface area contributed by atoms with Crippen molar-refractivity contribution >= 4 is 0 Å². The van der Waals surface area contributed by atoms with Crippen LogP contribution < -0.4 is 5.32 Å². The van der Waals surface area contributed by atoms with Gasteiger partial charge in [-0.2, -0.15) is 18.3 Å². The molecule has 4 nitrogen and oxygen atoms in total. The van der Waals surface area contributed by atoms with Crippen molar-refractivity contribution < 1.29 is 13.2 Å². The van der Waals surface area contributed by atoms with E-state index >= 15 is 0 Å². The highest BCUT2D eigenvalue weighted by Crippen LogP contribution is 2.28. The lowest BCUT2D eigenvalue weighted by Crippen LogP contribution is -2.19. The van der Waals surface area contributed by atoms with Crippen LogP contribution >= 0.6 is 0 Å². The Morgan fingerprint density at radius 3 is 2.71 bits per heavy atom. The zero-order valence-electron chi connectivity index (χ0n) is 11.9. The summed E-state index contributed by atoms with van der Waals surface area (Å²) in [6.45, 7) is 5.72. The topological polar surface area (TPSA) is 42.7 Å². The number of pyridine rings is 1. The third kappa shape index (κ3) is 4.29. The molecule has 0 saturated heterocycles. The van der Waals surface area contributed by atoms with E-state index in [4.69, 9.17) is 0 Å². The molecule has 0 aliphatic rings. The largest absolute Gasteiger partial charge is 0.419 e. The molecule has 0 bridgehead atoms. The fourth-order valence-corrected chi connectivity index (χ4v) is 1.80. The van der Waals surface area contributed by atoms with Crippen molar-refractivity contribution in [3.63, 3.8) is 0 Å². The molecule has 1 N–H and O–H groups in total. The van der Waals surface area contributed by atoms with E-state index in [1.807, 2.05) is 6.07 Å². The van der Waals surface area contributed by atoms with Gasteiger partial charge in [-0.15, -0.1) is 0 Å². The maximum atomic E-state index is 12.6. The molecular weight excluding hydrogens is 281 g/mol. The Labute approximate surface area is 121 Å². The molecule has 0 aliphatic heterocycles. The molecule has 0 atom stereocenters. The van der Waals surface area contributed by atoms with E-state index in [1.54, 1.807) is 12.3 Å². The SMILES string of the molecule is CC(C)CNCc1ccnc(-n2cc(C(F)(F)F)cn2)c1. The summed E-state index contributed by atoms with van der Waals surface area (Å²) in [6, 6.07) is 3.55. The number of nitrogens with zero attached hydrogens (tertiary/aromatic N) is 3. The molecule has 0 aromatic carbocycles. The number of aromatic nitrogens is 3. The molecule has 2 rings (SSSR count). The van der Waals surface area contributed by atoms with Gasteiger partial charge in [0.2, 0.25) is 0 Å². The lowest BCUT2D eigenvalue weighted by atomic mass is 10.2. The van der Waals surface area contributed by atoms with Crippen molar-refractivity contribution in [1.82, 2.24) is 20.1 Å². The van der Waals surface area contributed by atoms with E-state index in [0.29, 0.717) is 18.3 Å². The number of rotatable bonds is 5. The molecule has 2 aromatic heterocycles. The number of alkyl halides is 3. The van der Waals surface area contributed by atoms with Gasteiger partial charge in [-0.3, -0.25) is 0 Å². The Kier molecular flexibility index (Phi) is 4.62. The van der Waals surface area contributed by atoms with Gasteiger partial charge in [0, 0.05) is 18.9 Å². The molecule has 0 unspecified atom stereocenters. The van der Waals surface area contributed by atoms with Gasteiger partial charge in [-0.05, 0) is 30.2 Å². The zero-order valence-corrected chi connectivity index (χ0v) is 11.9. The summed E-state index contributed by atoms with van der Waals surface area (Å²) in [7, 11) is 0. The van der Waals surface area contributed by atoms with Crippen LogP contribution in [0.4, 0.5) is 13.2 Å². The van der Waals surface area contributed by atoms with Crippen LogP contribution in [-0.4, -0.2) is 21.3 Å². The highest BCUT2D eigenvalue weighted by molar-refractivity contribution is 5.28. The normalized spacial score (nSPS) is 12.1. The third-order valence-electron chi connectivity index (χ3n) is 2.84. The van der Waals surface area contributed by atoms with Crippen LogP contribution in [0.2, 0.25) is 0 Å². The molecule has 0 amide bonds. The van der Waals surface area contributed by atoms with Crippen molar-refractivity contribution in [2.75, 3.05) is 6.54 Å². The van der Waals surface area contributed by atoms with Gasteiger partial charge in [-0.1, -0.05) is 13.8 Å². The molecule has 0 saturated carbocycles. The molecular formula is C14H17F3N4. The Morgan fingerprint density at radius 2 is 2.10 bits per heavy atom. The summed E-state index contributed by atoms with van der Waals surface area (Å²) in [4.78, 5) is 4.05. The molecule has 2 aromatic rings. The lowest BCUT2D eigenvalue weighted by Gasteiger charge is -2.08. The van der Waals surface area contributed by atoms with Crippen molar-refractivity contribution in [3.05, 3.63) is 41.9 Å². The molecule has 0 radical (unpaired) electrons. The van der Waals surface area contributed by atoms with E-state index in [0.717, 1.165) is 29.2 Å². The van der Waals surface area contributed by atoms with Crippen molar-refractivity contribution in [2.45, 2.75) is 26.6 Å². The van der Waals surface area contributed by atoms with Gasteiger partial charge in [0.05, 0.1) is 11.8 Å². The molecule has 114 valence electrons. The predicted molar refractivity (Wildman–Crippen MR) is 72.9 cm³/mol. The molecule has 0 spiro atoms. The molecule has 2 heterocycles. The summed E-state index contributed by atoms with van der Waals surface area (Å²) in [6.07, 6.45) is -1.09. The molecule has 21 heavy (non-hydrogen) atoms. The van der Waals surface area contributed by atoms with Crippen molar-refractivity contribution in [3.8, 4) is 5.82 Å². The summed E-state index contributed by atoms with van der Waals surface area (Å²) >= 11 is 0. The summed E-state index contributed by atoms with van der Waals surface area (Å²) < 4.78 is 38.8. The fraction of sp³-hybridized carbons (Fsp3) is 0.429. The van der Waals surface area contributed by atoms with E-state index in [-0.39, 0.29) is 0 Å². The number of halogens is 3. The van der Waals surface area contributed by atoms with Crippen molar-refractivity contribution in [1.29, 1.82) is 0 Å². The van der Waals surface area contributed by atoms with Crippen LogP contribution in [0, 0.1) is 5.92 Å². The van der Waals surface area contributed by atoms with Crippen molar-refractivity contribution in [2.24, 2.45) is 5.92 Å². The predicted octanol–water partition coefficient (Wildman–Crippen LogP) is 3.03. The first kappa shape index (κ1) is 15.5. The van der Waals surface area contributed by atoms with Crippen LogP contribution in [0.1, 0.15) is 25.0 Å². The van der Waals surface area contributed by atoms with Gasteiger partial charge >= 0.3 is 6.18 Å². The van der Waals surface area contributed by atoms with E-state index < -0.39 is 11.7 Å². The average Bonchev–Trinajstić information content (AvgIpc) is 2.88. The van der Waals surface area contributed by atoms with Crippen LogP contribution in [0.25, 0.3) is 5.82 Å². The smallest absolute Gasteiger partial charge is 0.312 e. The van der Waals surface area contributed by atoms with Gasteiger partial charge in [0.1, 0.15) is 0 Å². The Balaban J connectivity index is 2.12. The molecule has 0 fully saturated rings. The highest BCUT2D eigenvalue weighted by Gasteiger charge is 2.32. The van der Waals surface area contributed by atoms with Gasteiger partial charge in [-0.25, -0.2) is 9.67 Å². The second-order valence-corrected chi connectivity index (χ2v) is 5.22. The average molecular weight is 298 g/mol. The minimum absolute atomic E-state index is 0.370. The maximum absolute atomic E-state index is 12.6. The Bertz CT molecular complexity index is 590.